The van der Waals surface area contributed by atoms with Gasteiger partial charge < -0.3 is 9.50 Å². The highest BCUT2D eigenvalue weighted by Crippen LogP contribution is 2.19. The van der Waals surface area contributed by atoms with Crippen LogP contribution in [0.25, 0.3) is 0 Å². The Balaban J connectivity index is 1.56. The summed E-state index contributed by atoms with van der Waals surface area (Å²) in [6, 6.07) is 22.5. The van der Waals surface area contributed by atoms with Crippen LogP contribution >= 0.6 is 12.2 Å². The van der Waals surface area contributed by atoms with Gasteiger partial charge in [0.2, 0.25) is 0 Å². The fourth-order valence-corrected chi connectivity index (χ4v) is 3.44. The topological polar surface area (TPSA) is 79.8 Å². The summed E-state index contributed by atoms with van der Waals surface area (Å²) < 4.78 is 29.8. The van der Waals surface area contributed by atoms with Gasteiger partial charge >= 0.3 is 10.1 Å². The summed E-state index contributed by atoms with van der Waals surface area (Å²) in [6.45, 7) is 1.89. The third-order valence-corrected chi connectivity index (χ3v) is 5.26. The maximum atomic E-state index is 12.3. The molecule has 0 heterocycles. The SMILES string of the molecule is Cc1ccc(S(=O)(=O)Oc2ccc(/C=N\NC(=S)Nc3ccccc3)cc2)cc1. The predicted molar refractivity (Wildman–Crippen MR) is 119 cm³/mol. The summed E-state index contributed by atoms with van der Waals surface area (Å²) in [5.74, 6) is 0.219. The molecule has 0 aromatic heterocycles. The quantitative estimate of drug-likeness (QED) is 0.268. The van der Waals surface area contributed by atoms with E-state index in [0.29, 0.717) is 5.11 Å². The van der Waals surface area contributed by atoms with Gasteiger partial charge in [-0.3, -0.25) is 5.43 Å². The Morgan fingerprint density at radius 2 is 1.62 bits per heavy atom. The van der Waals surface area contributed by atoms with Crippen LogP contribution < -0.4 is 14.9 Å². The maximum Gasteiger partial charge on any atom is 0.339 e. The van der Waals surface area contributed by atoms with Crippen molar-refractivity contribution in [2.45, 2.75) is 11.8 Å². The Hall–Kier alpha value is -3.23. The molecule has 3 aromatic rings. The second-order valence-electron chi connectivity index (χ2n) is 6.11. The average molecular weight is 426 g/mol. The van der Waals surface area contributed by atoms with Crippen LogP contribution in [0.3, 0.4) is 0 Å². The molecule has 2 N–H and O–H groups in total. The standard InChI is InChI=1S/C21H19N3O3S2/c1-16-7-13-20(14-8-16)29(25,26)27-19-11-9-17(10-12-19)15-22-24-21(28)23-18-5-3-2-4-6-18/h2-15H,1H3,(H2,23,24,28)/b22-15-. The third-order valence-electron chi connectivity index (χ3n) is 3.81. The first-order chi connectivity index (χ1) is 13.9. The zero-order valence-electron chi connectivity index (χ0n) is 15.6. The fraction of sp³-hybridized carbons (Fsp3) is 0.0476. The molecule has 0 bridgehead atoms. The van der Waals surface area contributed by atoms with Crippen molar-refractivity contribution in [3.8, 4) is 5.75 Å². The van der Waals surface area contributed by atoms with Gasteiger partial charge in [0.1, 0.15) is 10.6 Å². The van der Waals surface area contributed by atoms with Gasteiger partial charge in [-0.1, -0.05) is 35.9 Å². The minimum absolute atomic E-state index is 0.109. The number of aryl methyl sites for hydroxylation is 1. The summed E-state index contributed by atoms with van der Waals surface area (Å²) in [5.41, 5.74) is 5.30. The minimum atomic E-state index is -3.87. The van der Waals surface area contributed by atoms with Gasteiger partial charge in [-0.05, 0) is 73.2 Å². The number of nitrogens with one attached hydrogen (secondary N) is 2. The van der Waals surface area contributed by atoms with Crippen molar-refractivity contribution in [3.05, 3.63) is 90.0 Å². The van der Waals surface area contributed by atoms with E-state index in [2.05, 4.69) is 15.8 Å². The largest absolute Gasteiger partial charge is 0.379 e. The highest BCUT2D eigenvalue weighted by molar-refractivity contribution is 7.87. The third kappa shape index (κ3) is 6.13. The van der Waals surface area contributed by atoms with Crippen molar-refractivity contribution in [2.75, 3.05) is 5.32 Å². The molecular weight excluding hydrogens is 406 g/mol. The number of rotatable bonds is 6. The summed E-state index contributed by atoms with van der Waals surface area (Å²) in [6.07, 6.45) is 1.57. The summed E-state index contributed by atoms with van der Waals surface area (Å²) in [4.78, 5) is 0.109. The summed E-state index contributed by atoms with van der Waals surface area (Å²) in [7, 11) is -3.87. The molecule has 6 nitrogen and oxygen atoms in total. The summed E-state index contributed by atoms with van der Waals surface area (Å²) >= 11 is 5.16. The van der Waals surface area contributed by atoms with Gasteiger partial charge in [0, 0.05) is 5.69 Å². The average Bonchev–Trinajstić information content (AvgIpc) is 2.70. The number of hydrogen-bond acceptors (Lipinski definition) is 5. The number of anilines is 1. The van der Waals surface area contributed by atoms with Crippen LogP contribution in [0.2, 0.25) is 0 Å². The molecule has 3 rings (SSSR count). The van der Waals surface area contributed by atoms with Gasteiger partial charge in [-0.25, -0.2) is 0 Å². The molecule has 0 spiro atoms. The number of nitrogens with zero attached hydrogens (tertiary/aromatic N) is 1. The lowest BCUT2D eigenvalue weighted by Gasteiger charge is -2.08. The van der Waals surface area contributed by atoms with E-state index in [1.54, 1.807) is 42.6 Å². The van der Waals surface area contributed by atoms with E-state index in [-0.39, 0.29) is 10.6 Å². The molecule has 0 aliphatic heterocycles. The number of para-hydroxylation sites is 1. The van der Waals surface area contributed by atoms with Crippen LogP contribution in [-0.4, -0.2) is 19.7 Å². The van der Waals surface area contributed by atoms with E-state index < -0.39 is 10.1 Å². The molecule has 148 valence electrons. The van der Waals surface area contributed by atoms with Gasteiger partial charge in [0.15, 0.2) is 5.11 Å². The number of thiocarbonyl (C=S) groups is 1. The van der Waals surface area contributed by atoms with Crippen LogP contribution in [0.15, 0.2) is 88.9 Å². The molecule has 29 heavy (non-hydrogen) atoms. The molecule has 0 saturated carbocycles. The highest BCUT2D eigenvalue weighted by atomic mass is 32.2. The molecule has 0 aliphatic carbocycles. The van der Waals surface area contributed by atoms with E-state index in [1.807, 2.05) is 37.3 Å². The molecule has 3 aromatic carbocycles. The molecule has 8 heteroatoms. The Kier molecular flexibility index (Phi) is 6.58. The highest BCUT2D eigenvalue weighted by Gasteiger charge is 2.16. The van der Waals surface area contributed by atoms with Crippen LogP contribution in [-0.2, 0) is 10.1 Å². The van der Waals surface area contributed by atoms with Crippen molar-refractivity contribution in [1.82, 2.24) is 5.43 Å². The second-order valence-corrected chi connectivity index (χ2v) is 8.06. The van der Waals surface area contributed by atoms with E-state index in [1.165, 1.54) is 12.1 Å². The van der Waals surface area contributed by atoms with Crippen molar-refractivity contribution in [2.24, 2.45) is 5.10 Å². The fourth-order valence-electron chi connectivity index (χ4n) is 2.34. The number of hydrogen-bond donors (Lipinski definition) is 2. The summed E-state index contributed by atoms with van der Waals surface area (Å²) in [5, 5.41) is 7.42. The van der Waals surface area contributed by atoms with Gasteiger partial charge in [-0.15, -0.1) is 0 Å². The molecule has 0 fully saturated rings. The molecule has 0 amide bonds. The van der Waals surface area contributed by atoms with Crippen molar-refractivity contribution < 1.29 is 12.6 Å². The van der Waals surface area contributed by atoms with Gasteiger partial charge in [0.25, 0.3) is 0 Å². The zero-order valence-corrected chi connectivity index (χ0v) is 17.2. The Morgan fingerprint density at radius 3 is 2.28 bits per heavy atom. The normalized spacial score (nSPS) is 11.2. The van der Waals surface area contributed by atoms with Gasteiger partial charge in [0.05, 0.1) is 6.21 Å². The molecule has 0 saturated heterocycles. The molecule has 0 atom stereocenters. The lowest BCUT2D eigenvalue weighted by Crippen LogP contribution is -2.23. The monoisotopic (exact) mass is 425 g/mol. The molecule has 0 unspecified atom stereocenters. The van der Waals surface area contributed by atoms with E-state index >= 15 is 0 Å². The predicted octanol–water partition coefficient (Wildman–Crippen LogP) is 4.08. The van der Waals surface area contributed by atoms with Crippen LogP contribution in [0.4, 0.5) is 5.69 Å². The molecule has 0 aliphatic rings. The Bertz CT molecular complexity index is 1100. The lowest BCUT2D eigenvalue weighted by atomic mass is 10.2. The van der Waals surface area contributed by atoms with Gasteiger partial charge in [-0.2, -0.15) is 13.5 Å². The van der Waals surface area contributed by atoms with E-state index in [0.717, 1.165) is 16.8 Å². The van der Waals surface area contributed by atoms with Crippen molar-refractivity contribution in [3.63, 3.8) is 0 Å². The van der Waals surface area contributed by atoms with Crippen LogP contribution in [0.1, 0.15) is 11.1 Å². The second kappa shape index (κ2) is 9.31. The zero-order chi connectivity index (χ0) is 20.7. The first-order valence-electron chi connectivity index (χ1n) is 8.69. The van der Waals surface area contributed by atoms with Crippen LogP contribution in [0.5, 0.6) is 5.75 Å². The van der Waals surface area contributed by atoms with Crippen molar-refractivity contribution >= 4 is 39.4 Å². The lowest BCUT2D eigenvalue weighted by molar-refractivity contribution is 0.486. The maximum absolute atomic E-state index is 12.3. The first-order valence-corrected chi connectivity index (χ1v) is 10.5. The van der Waals surface area contributed by atoms with Crippen LogP contribution in [0, 0.1) is 6.92 Å². The number of benzene rings is 3. The molecule has 0 radical (unpaired) electrons. The smallest absolute Gasteiger partial charge is 0.339 e. The van der Waals surface area contributed by atoms with E-state index in [4.69, 9.17) is 16.4 Å². The Morgan fingerprint density at radius 1 is 0.966 bits per heavy atom. The van der Waals surface area contributed by atoms with Crippen molar-refractivity contribution in [1.29, 1.82) is 0 Å². The first kappa shape index (κ1) is 20.5. The number of hydrazone groups is 1. The Labute approximate surface area is 175 Å². The van der Waals surface area contributed by atoms with E-state index in [9.17, 15) is 8.42 Å². The molecular formula is C21H19N3O3S2. The minimum Gasteiger partial charge on any atom is -0.379 e.